The molecule has 1 atom stereocenters. The van der Waals surface area contributed by atoms with Crippen molar-refractivity contribution in [1.29, 1.82) is 0 Å². The molecule has 1 fully saturated rings. The minimum absolute atomic E-state index is 0.0503. The van der Waals surface area contributed by atoms with Crippen molar-refractivity contribution in [3.8, 4) is 5.88 Å². The van der Waals surface area contributed by atoms with Gasteiger partial charge in [-0.15, -0.1) is 0 Å². The summed E-state index contributed by atoms with van der Waals surface area (Å²) in [5.41, 5.74) is 2.31. The summed E-state index contributed by atoms with van der Waals surface area (Å²) >= 11 is 7.65. The molecule has 0 radical (unpaired) electrons. The van der Waals surface area contributed by atoms with Crippen LogP contribution in [0.2, 0.25) is 5.02 Å². The number of hydrogen-bond donors (Lipinski definition) is 1. The smallest absolute Gasteiger partial charge is 0.259 e. The molecule has 1 N–H and O–H groups in total. The summed E-state index contributed by atoms with van der Waals surface area (Å²) in [4.78, 5) is 21.1. The Morgan fingerprint density at radius 3 is 3.08 bits per heavy atom. The molecule has 134 valence electrons. The fourth-order valence-electron chi connectivity index (χ4n) is 2.71. The van der Waals surface area contributed by atoms with Crippen molar-refractivity contribution in [1.82, 2.24) is 9.97 Å². The lowest BCUT2D eigenvalue weighted by molar-refractivity contribution is 0.102. The number of anilines is 1. The first kappa shape index (κ1) is 17.2. The number of thiazole rings is 1. The van der Waals surface area contributed by atoms with E-state index in [4.69, 9.17) is 21.1 Å². The molecule has 0 saturated carbocycles. The molecular formula is C18H16ClN3O3S. The van der Waals surface area contributed by atoms with Gasteiger partial charge in [-0.25, -0.2) is 9.97 Å². The second kappa shape index (κ2) is 7.19. The molecule has 1 amide bonds. The number of amides is 1. The Balaban J connectivity index is 1.50. The minimum atomic E-state index is -0.313. The molecule has 0 unspecified atom stereocenters. The summed E-state index contributed by atoms with van der Waals surface area (Å²) in [5, 5.41) is 3.64. The molecule has 1 aromatic carbocycles. The number of benzene rings is 1. The summed E-state index contributed by atoms with van der Waals surface area (Å²) in [6.45, 7) is 3.19. The van der Waals surface area contributed by atoms with Crippen molar-refractivity contribution in [3.05, 3.63) is 46.6 Å². The third kappa shape index (κ3) is 3.51. The van der Waals surface area contributed by atoms with Crippen LogP contribution in [0.5, 0.6) is 5.88 Å². The highest BCUT2D eigenvalue weighted by molar-refractivity contribution is 7.22. The summed E-state index contributed by atoms with van der Waals surface area (Å²) in [6.07, 6.45) is 2.20. The minimum Gasteiger partial charge on any atom is -0.471 e. The molecule has 0 bridgehead atoms. The molecule has 1 saturated heterocycles. The Bertz CT molecular complexity index is 969. The number of carbonyl (C=O) groups is 1. The van der Waals surface area contributed by atoms with Gasteiger partial charge in [0.1, 0.15) is 11.1 Å². The third-order valence-corrected chi connectivity index (χ3v) is 5.28. The molecular weight excluding hydrogens is 374 g/mol. The van der Waals surface area contributed by atoms with Gasteiger partial charge in [0.2, 0.25) is 5.88 Å². The lowest BCUT2D eigenvalue weighted by atomic mass is 10.2. The Morgan fingerprint density at radius 2 is 2.35 bits per heavy atom. The van der Waals surface area contributed by atoms with Crippen LogP contribution >= 0.6 is 22.9 Å². The van der Waals surface area contributed by atoms with Crippen molar-refractivity contribution in [2.75, 3.05) is 18.5 Å². The van der Waals surface area contributed by atoms with Crippen LogP contribution in [-0.4, -0.2) is 35.2 Å². The van der Waals surface area contributed by atoms with E-state index >= 15 is 0 Å². The summed E-state index contributed by atoms with van der Waals surface area (Å²) < 4.78 is 12.0. The summed E-state index contributed by atoms with van der Waals surface area (Å²) in [6, 6.07) is 7.49. The quantitative estimate of drug-likeness (QED) is 0.728. The highest BCUT2D eigenvalue weighted by atomic mass is 35.5. The number of fused-ring (bicyclic) bond motifs is 1. The van der Waals surface area contributed by atoms with E-state index in [1.54, 1.807) is 6.07 Å². The van der Waals surface area contributed by atoms with E-state index < -0.39 is 0 Å². The second-order valence-electron chi connectivity index (χ2n) is 6.01. The Morgan fingerprint density at radius 1 is 1.46 bits per heavy atom. The standard InChI is InChI=1S/C18H16ClN3O3S/c1-10-3-2-4-14-15(10)21-18(26-14)22-16(23)11-7-13(19)17(20-8-11)25-12-5-6-24-9-12/h2-4,7-8,12H,5-6,9H2,1H3,(H,21,22,23)/t12-/m1/s1. The zero-order valence-electron chi connectivity index (χ0n) is 14.0. The van der Waals surface area contributed by atoms with Gasteiger partial charge < -0.3 is 9.47 Å². The van der Waals surface area contributed by atoms with Crippen molar-refractivity contribution in [2.24, 2.45) is 0 Å². The lowest BCUT2D eigenvalue weighted by Crippen LogP contribution is -2.17. The number of para-hydroxylation sites is 1. The maximum Gasteiger partial charge on any atom is 0.259 e. The SMILES string of the molecule is Cc1cccc2sc(NC(=O)c3cnc(O[C@@H]4CCOC4)c(Cl)c3)nc12. The average molecular weight is 390 g/mol. The van der Waals surface area contributed by atoms with Crippen molar-refractivity contribution in [2.45, 2.75) is 19.4 Å². The topological polar surface area (TPSA) is 73.3 Å². The molecule has 3 heterocycles. The highest BCUT2D eigenvalue weighted by Crippen LogP contribution is 2.29. The number of nitrogens with zero attached hydrogens (tertiary/aromatic N) is 2. The lowest BCUT2D eigenvalue weighted by Gasteiger charge is -2.12. The van der Waals surface area contributed by atoms with Gasteiger partial charge in [0.25, 0.3) is 5.91 Å². The van der Waals surface area contributed by atoms with Gasteiger partial charge in [-0.1, -0.05) is 35.1 Å². The number of nitrogens with one attached hydrogen (secondary N) is 1. The third-order valence-electron chi connectivity index (χ3n) is 4.08. The van der Waals surface area contributed by atoms with Crippen LogP contribution in [0.1, 0.15) is 22.3 Å². The number of rotatable bonds is 4. The van der Waals surface area contributed by atoms with E-state index in [2.05, 4.69) is 15.3 Å². The summed E-state index contributed by atoms with van der Waals surface area (Å²) in [5.74, 6) is 0.00110. The molecule has 1 aliphatic heterocycles. The molecule has 2 aromatic heterocycles. The fraction of sp³-hybridized carbons (Fsp3) is 0.278. The van der Waals surface area contributed by atoms with E-state index in [0.717, 1.165) is 22.2 Å². The largest absolute Gasteiger partial charge is 0.471 e. The van der Waals surface area contributed by atoms with Crippen LogP contribution in [0.15, 0.2) is 30.5 Å². The van der Waals surface area contributed by atoms with E-state index in [-0.39, 0.29) is 12.0 Å². The molecule has 26 heavy (non-hydrogen) atoms. The maximum atomic E-state index is 12.5. The number of halogens is 1. The van der Waals surface area contributed by atoms with Crippen LogP contribution in [0.25, 0.3) is 10.2 Å². The van der Waals surface area contributed by atoms with Crippen molar-refractivity contribution >= 4 is 44.2 Å². The van der Waals surface area contributed by atoms with E-state index in [9.17, 15) is 4.79 Å². The van der Waals surface area contributed by atoms with Gasteiger partial charge >= 0.3 is 0 Å². The predicted octanol–water partition coefficient (Wildman–Crippen LogP) is 4.07. The van der Waals surface area contributed by atoms with Gasteiger partial charge in [0.15, 0.2) is 5.13 Å². The monoisotopic (exact) mass is 389 g/mol. The average Bonchev–Trinajstić information content (AvgIpc) is 3.26. The normalized spacial score (nSPS) is 16.8. The number of aromatic nitrogens is 2. The number of carbonyl (C=O) groups excluding carboxylic acids is 1. The first-order chi connectivity index (χ1) is 12.6. The van der Waals surface area contributed by atoms with Crippen molar-refractivity contribution in [3.63, 3.8) is 0 Å². The number of hydrogen-bond acceptors (Lipinski definition) is 6. The van der Waals surface area contributed by atoms with E-state index in [0.29, 0.717) is 34.8 Å². The Hall–Kier alpha value is -2.22. The Labute approximate surface area is 159 Å². The zero-order chi connectivity index (χ0) is 18.1. The fourth-order valence-corrected chi connectivity index (χ4v) is 3.86. The molecule has 1 aliphatic rings. The van der Waals surface area contributed by atoms with Gasteiger partial charge in [0, 0.05) is 12.6 Å². The molecule has 4 rings (SSSR count). The molecule has 8 heteroatoms. The first-order valence-electron chi connectivity index (χ1n) is 8.17. The van der Waals surface area contributed by atoms with Crippen LogP contribution in [-0.2, 0) is 4.74 Å². The van der Waals surface area contributed by atoms with Crippen molar-refractivity contribution < 1.29 is 14.3 Å². The summed E-state index contributed by atoms with van der Waals surface area (Å²) in [7, 11) is 0. The van der Waals surface area contributed by atoms with Crippen LogP contribution in [0.3, 0.4) is 0 Å². The Kier molecular flexibility index (Phi) is 4.76. The maximum absolute atomic E-state index is 12.5. The van der Waals surface area contributed by atoms with Gasteiger partial charge in [-0.2, -0.15) is 0 Å². The van der Waals surface area contributed by atoms with Gasteiger partial charge in [-0.05, 0) is 24.6 Å². The van der Waals surface area contributed by atoms with Crippen LogP contribution in [0, 0.1) is 6.92 Å². The zero-order valence-corrected chi connectivity index (χ0v) is 15.6. The second-order valence-corrected chi connectivity index (χ2v) is 7.45. The van der Waals surface area contributed by atoms with Crippen LogP contribution in [0.4, 0.5) is 5.13 Å². The predicted molar refractivity (Wildman–Crippen MR) is 101 cm³/mol. The highest BCUT2D eigenvalue weighted by Gasteiger charge is 2.20. The molecule has 3 aromatic rings. The molecule has 0 spiro atoms. The van der Waals surface area contributed by atoms with Gasteiger partial charge in [0.05, 0.1) is 29.0 Å². The van der Waals surface area contributed by atoms with E-state index in [1.165, 1.54) is 17.5 Å². The first-order valence-corrected chi connectivity index (χ1v) is 9.37. The number of pyridine rings is 1. The molecule has 0 aliphatic carbocycles. The molecule has 6 nitrogen and oxygen atoms in total. The van der Waals surface area contributed by atoms with E-state index in [1.807, 2.05) is 25.1 Å². The van der Waals surface area contributed by atoms with Crippen LogP contribution < -0.4 is 10.1 Å². The number of ether oxygens (including phenoxy) is 2. The number of aryl methyl sites for hydroxylation is 1. The van der Waals surface area contributed by atoms with Gasteiger partial charge in [-0.3, -0.25) is 10.1 Å².